The molecule has 0 fully saturated rings. The van der Waals surface area contributed by atoms with Gasteiger partial charge in [-0.15, -0.1) is 0 Å². The van der Waals surface area contributed by atoms with Crippen LogP contribution in [0.15, 0.2) is 36.4 Å². The minimum atomic E-state index is -1.45. The van der Waals surface area contributed by atoms with Gasteiger partial charge in [-0.3, -0.25) is 28.8 Å². The summed E-state index contributed by atoms with van der Waals surface area (Å²) >= 11 is 0. The highest BCUT2D eigenvalue weighted by Crippen LogP contribution is 2.40. The van der Waals surface area contributed by atoms with Crippen molar-refractivity contribution in [3.05, 3.63) is 47.5 Å². The molecule has 56 heavy (non-hydrogen) atoms. The summed E-state index contributed by atoms with van der Waals surface area (Å²) in [6.07, 6.45) is -1.43. The van der Waals surface area contributed by atoms with E-state index in [-0.39, 0.29) is 57.8 Å². The molecule has 0 saturated heterocycles. The Morgan fingerprint density at radius 3 is 2.16 bits per heavy atom. The predicted octanol–water partition coefficient (Wildman–Crippen LogP) is -2.57. The zero-order chi connectivity index (χ0) is 41.5. The second-order valence-corrected chi connectivity index (χ2v) is 13.1. The van der Waals surface area contributed by atoms with Crippen LogP contribution < -0.4 is 53.3 Å². The molecule has 1 aliphatic heterocycles. The van der Waals surface area contributed by atoms with Crippen molar-refractivity contribution in [2.24, 2.45) is 17.2 Å². The maximum Gasteiger partial charge on any atom is 0.248 e. The van der Waals surface area contributed by atoms with Gasteiger partial charge in [0.2, 0.25) is 35.4 Å². The topological polar surface area (TPSA) is 306 Å². The van der Waals surface area contributed by atoms with Gasteiger partial charge in [0.05, 0.1) is 12.2 Å². The van der Waals surface area contributed by atoms with Gasteiger partial charge in [-0.1, -0.05) is 12.1 Å². The second-order valence-electron chi connectivity index (χ2n) is 13.1. The Kier molecular flexibility index (Phi) is 17.0. The number of nitrogens with two attached hydrogens (primary N) is 3. The minimum Gasteiger partial charge on any atom is -0.492 e. The van der Waals surface area contributed by atoms with Crippen molar-refractivity contribution >= 4 is 35.4 Å². The van der Waals surface area contributed by atoms with Crippen LogP contribution in [0.4, 0.5) is 0 Å². The number of nitrogens with zero attached hydrogens (tertiary/aromatic N) is 2. The first-order chi connectivity index (χ1) is 26.7. The predicted molar refractivity (Wildman–Crippen MR) is 203 cm³/mol. The zero-order valence-electron chi connectivity index (χ0n) is 31.9. The number of ether oxygens (including phenoxy) is 2. The summed E-state index contributed by atoms with van der Waals surface area (Å²) in [5.74, 6) is -3.69. The van der Waals surface area contributed by atoms with Gasteiger partial charge >= 0.3 is 0 Å². The molecule has 0 aromatic heterocycles. The normalized spacial score (nSPS) is 18.3. The molecule has 2 aromatic carbocycles. The second kappa shape index (κ2) is 21.3. The third-order valence-electron chi connectivity index (χ3n) is 8.75. The van der Waals surface area contributed by atoms with Gasteiger partial charge in [0, 0.05) is 44.6 Å². The summed E-state index contributed by atoms with van der Waals surface area (Å²) in [6, 6.07) is 5.15. The third kappa shape index (κ3) is 11.8. The lowest BCUT2D eigenvalue weighted by Gasteiger charge is -2.33. The summed E-state index contributed by atoms with van der Waals surface area (Å²) in [5.41, 5.74) is 19.1. The quantitative estimate of drug-likeness (QED) is 0.0793. The molecule has 1 aliphatic rings. The number of hydrogen-bond donors (Lipinski definition) is 9. The first-order valence-corrected chi connectivity index (χ1v) is 18.1. The van der Waals surface area contributed by atoms with Gasteiger partial charge in [0.25, 0.3) is 0 Å². The molecule has 0 spiro atoms. The van der Waals surface area contributed by atoms with Gasteiger partial charge < -0.3 is 63.3 Å². The van der Waals surface area contributed by atoms with Crippen molar-refractivity contribution < 1.29 is 43.3 Å². The van der Waals surface area contributed by atoms with Crippen LogP contribution in [-0.4, -0.2) is 122 Å². The fourth-order valence-corrected chi connectivity index (χ4v) is 6.02. The van der Waals surface area contributed by atoms with E-state index in [1.165, 1.54) is 27.8 Å². The van der Waals surface area contributed by atoms with E-state index in [4.69, 9.17) is 31.9 Å². The number of benzene rings is 2. The van der Waals surface area contributed by atoms with Gasteiger partial charge in [-0.2, -0.15) is 5.26 Å². The largest absolute Gasteiger partial charge is 0.492 e. The molecule has 12 N–H and O–H groups in total. The lowest BCUT2D eigenvalue weighted by Crippen LogP contribution is -2.58. The summed E-state index contributed by atoms with van der Waals surface area (Å²) in [4.78, 5) is 81.5. The van der Waals surface area contributed by atoms with Crippen molar-refractivity contribution in [3.8, 4) is 28.7 Å². The molecule has 0 saturated carbocycles. The highest BCUT2D eigenvalue weighted by molar-refractivity contribution is 5.97. The van der Waals surface area contributed by atoms with E-state index >= 15 is 0 Å². The molecule has 304 valence electrons. The number of hydrogen-bond acceptors (Lipinski definition) is 13. The molecular weight excluding hydrogens is 728 g/mol. The van der Waals surface area contributed by atoms with Crippen LogP contribution in [0.2, 0.25) is 0 Å². The van der Waals surface area contributed by atoms with E-state index in [0.717, 1.165) is 4.90 Å². The molecular formula is C37H52N10O9. The van der Waals surface area contributed by atoms with Crippen LogP contribution in [0.25, 0.3) is 11.1 Å². The number of carbonyl (C=O) groups excluding carboxylic acids is 6. The molecule has 19 heteroatoms. The summed E-state index contributed by atoms with van der Waals surface area (Å²) in [6.45, 7) is 4.07. The molecule has 6 atom stereocenters. The molecule has 6 amide bonds. The fourth-order valence-electron chi connectivity index (χ4n) is 6.02. The molecule has 0 aliphatic carbocycles. The Labute approximate surface area is 325 Å². The molecule has 19 nitrogen and oxygen atoms in total. The Morgan fingerprint density at radius 1 is 0.964 bits per heavy atom. The van der Waals surface area contributed by atoms with Crippen molar-refractivity contribution in [2.75, 3.05) is 46.4 Å². The monoisotopic (exact) mass is 780 g/mol. The minimum absolute atomic E-state index is 0.0154. The summed E-state index contributed by atoms with van der Waals surface area (Å²) < 4.78 is 12.0. The average molecular weight is 781 g/mol. The van der Waals surface area contributed by atoms with Crippen molar-refractivity contribution in [2.45, 2.75) is 69.9 Å². The van der Waals surface area contributed by atoms with E-state index in [1.807, 2.05) is 6.07 Å². The van der Waals surface area contributed by atoms with Crippen molar-refractivity contribution in [3.63, 3.8) is 0 Å². The zero-order valence-corrected chi connectivity index (χ0v) is 31.9. The first-order valence-electron chi connectivity index (χ1n) is 18.1. The summed E-state index contributed by atoms with van der Waals surface area (Å²) in [7, 11) is 1.33. The number of nitrogens with one attached hydrogen (secondary N) is 5. The standard InChI is InChI=1S/C37H52N10O9/c1-20-33(50)46-28(34(51)42-14-11-39)18-23-5-7-29(55-15-12-40)25(17-23)26-19-24(6-8-30(26)56-16-13-41)32(36(53)43-20)47(4)37(54)27(9-10-38)45-35(52)31(21(2)48)44-22(3)49/h5-8,17,19-21,27-28,31-32,48H,9-10,12-16,18,38,40-41H2,1-4H3,(H,42,51)(H,43,53)(H,44,49)(H,45,52)(H,46,50)/t20-,21?,27-,28-,31-,32-/m0/s1. The van der Waals surface area contributed by atoms with Gasteiger partial charge in [0.15, 0.2) is 0 Å². The highest BCUT2D eigenvalue weighted by atomic mass is 16.5. The third-order valence-corrected chi connectivity index (χ3v) is 8.75. The number of amides is 6. The van der Waals surface area contributed by atoms with E-state index in [1.54, 1.807) is 36.4 Å². The van der Waals surface area contributed by atoms with Crippen LogP contribution in [-0.2, 0) is 35.2 Å². The highest BCUT2D eigenvalue weighted by Gasteiger charge is 2.37. The van der Waals surface area contributed by atoms with Crippen molar-refractivity contribution in [1.82, 2.24) is 31.5 Å². The van der Waals surface area contributed by atoms with Crippen molar-refractivity contribution in [1.29, 1.82) is 5.26 Å². The first kappa shape index (κ1) is 44.6. The molecule has 1 heterocycles. The number of aliphatic hydroxyl groups excluding tert-OH is 1. The van der Waals surface area contributed by atoms with Gasteiger partial charge in [0.1, 0.15) is 61.5 Å². The molecule has 0 radical (unpaired) electrons. The Morgan fingerprint density at radius 2 is 1.59 bits per heavy atom. The lowest BCUT2D eigenvalue weighted by atomic mass is 9.93. The van der Waals surface area contributed by atoms with E-state index in [0.29, 0.717) is 28.2 Å². The van der Waals surface area contributed by atoms with Crippen LogP contribution in [0.3, 0.4) is 0 Å². The maximum atomic E-state index is 14.3. The van der Waals surface area contributed by atoms with E-state index in [2.05, 4.69) is 26.6 Å². The van der Waals surface area contributed by atoms with Crippen LogP contribution in [0.5, 0.6) is 11.5 Å². The fraction of sp³-hybridized carbons (Fsp3) is 0.486. The number of rotatable bonds is 16. The number of aliphatic hydroxyl groups is 1. The maximum absolute atomic E-state index is 14.3. The van der Waals surface area contributed by atoms with E-state index < -0.39 is 71.8 Å². The summed E-state index contributed by atoms with van der Waals surface area (Å²) in [5, 5.41) is 31.9. The SMILES string of the molecule is CC(=O)N[C@H](C(=O)N[C@@H](CCN)C(=O)N(C)[C@@H]1C(=O)N[C@@H](C)C(=O)N[C@H](C(=O)NCC#N)Cc2ccc(OCCN)c(c2)-c2cc1ccc2OCCN)C(C)O. The smallest absolute Gasteiger partial charge is 0.248 e. The molecule has 3 rings (SSSR count). The van der Waals surface area contributed by atoms with Crippen LogP contribution >= 0.6 is 0 Å². The number of likely N-dealkylation sites (N-methyl/N-ethyl adjacent to an activating group) is 1. The number of nitriles is 1. The Hall–Kier alpha value is -5.81. The van der Waals surface area contributed by atoms with Crippen LogP contribution in [0.1, 0.15) is 44.4 Å². The van der Waals surface area contributed by atoms with Crippen LogP contribution in [0, 0.1) is 11.3 Å². The Bertz CT molecular complexity index is 1780. The van der Waals surface area contributed by atoms with E-state index in [9.17, 15) is 33.9 Å². The number of carbonyl (C=O) groups is 6. The number of fused-ring (bicyclic) bond motifs is 5. The molecule has 1 unspecified atom stereocenters. The molecule has 4 bridgehead atoms. The average Bonchev–Trinajstić information content (AvgIpc) is 3.16. The van der Waals surface area contributed by atoms with Gasteiger partial charge in [-0.05, 0) is 62.2 Å². The van der Waals surface area contributed by atoms with Gasteiger partial charge in [-0.25, -0.2) is 0 Å². The molecule has 2 aromatic rings. The Balaban J connectivity index is 2.26. The lowest BCUT2D eigenvalue weighted by molar-refractivity contribution is -0.143.